The molecule has 0 amide bonds. The van der Waals surface area contributed by atoms with Gasteiger partial charge >= 0.3 is 6.18 Å². The highest BCUT2D eigenvalue weighted by atomic mass is 19.4. The zero-order valence-corrected chi connectivity index (χ0v) is 9.48. The van der Waals surface area contributed by atoms with E-state index in [1.807, 2.05) is 0 Å². The van der Waals surface area contributed by atoms with E-state index in [1.165, 1.54) is 6.07 Å². The molecule has 18 heavy (non-hydrogen) atoms. The molecule has 0 aliphatic carbocycles. The van der Waals surface area contributed by atoms with Gasteiger partial charge in [-0.25, -0.2) is 0 Å². The molecule has 0 saturated carbocycles. The van der Waals surface area contributed by atoms with Crippen molar-refractivity contribution in [3.8, 4) is 6.07 Å². The molecule has 0 aliphatic rings. The summed E-state index contributed by atoms with van der Waals surface area (Å²) in [4.78, 5) is 0. The maximum atomic E-state index is 12.7. The fraction of sp³-hybridized carbons (Fsp3) is 0.417. The number of hydrogen-bond donors (Lipinski definition) is 2. The lowest BCUT2D eigenvalue weighted by Crippen LogP contribution is -2.50. The first-order chi connectivity index (χ1) is 8.45. The molecule has 3 nitrogen and oxygen atoms in total. The number of rotatable bonds is 5. The molecule has 0 aromatic heterocycles. The van der Waals surface area contributed by atoms with Crippen LogP contribution >= 0.6 is 0 Å². The number of nitrogens with zero attached hydrogens (tertiary/aromatic N) is 1. The van der Waals surface area contributed by atoms with Gasteiger partial charge in [0, 0.05) is 6.54 Å². The maximum Gasteiger partial charge on any atom is 0.406 e. The van der Waals surface area contributed by atoms with Crippen LogP contribution < -0.4 is 5.32 Å². The Morgan fingerprint density at radius 2 is 1.89 bits per heavy atom. The van der Waals surface area contributed by atoms with Gasteiger partial charge in [-0.1, -0.05) is 30.3 Å². The molecular weight excluding hydrogens is 245 g/mol. The van der Waals surface area contributed by atoms with Gasteiger partial charge in [0.25, 0.3) is 0 Å². The van der Waals surface area contributed by atoms with Crippen LogP contribution in [0.15, 0.2) is 30.3 Å². The van der Waals surface area contributed by atoms with Crippen molar-refractivity contribution in [1.29, 1.82) is 5.26 Å². The van der Waals surface area contributed by atoms with Crippen molar-refractivity contribution in [2.75, 3.05) is 0 Å². The third-order valence-corrected chi connectivity index (χ3v) is 2.41. The minimum atomic E-state index is -4.59. The molecule has 0 fully saturated rings. The lowest BCUT2D eigenvalue weighted by molar-refractivity contribution is -0.177. The summed E-state index contributed by atoms with van der Waals surface area (Å²) < 4.78 is 38.0. The van der Waals surface area contributed by atoms with Gasteiger partial charge in [0.1, 0.15) is 6.04 Å². The summed E-state index contributed by atoms with van der Waals surface area (Å²) in [5, 5.41) is 19.9. The summed E-state index contributed by atoms with van der Waals surface area (Å²) in [6.45, 7) is -0.0203. The van der Waals surface area contributed by atoms with Gasteiger partial charge in [-0.15, -0.1) is 0 Å². The quantitative estimate of drug-likeness (QED) is 0.849. The van der Waals surface area contributed by atoms with E-state index >= 15 is 0 Å². The van der Waals surface area contributed by atoms with Gasteiger partial charge in [0.15, 0.2) is 0 Å². The summed E-state index contributed by atoms with van der Waals surface area (Å²) >= 11 is 0. The smallest absolute Gasteiger partial charge is 0.390 e. The van der Waals surface area contributed by atoms with Crippen LogP contribution in [0, 0.1) is 11.3 Å². The summed E-state index contributed by atoms with van der Waals surface area (Å²) in [6.07, 6.45) is -6.92. The Morgan fingerprint density at radius 3 is 2.39 bits per heavy atom. The van der Waals surface area contributed by atoms with Gasteiger partial charge in [0.05, 0.1) is 18.6 Å². The molecule has 2 atom stereocenters. The van der Waals surface area contributed by atoms with E-state index in [0.717, 1.165) is 0 Å². The Labute approximate surface area is 103 Å². The van der Waals surface area contributed by atoms with Crippen LogP contribution in [-0.4, -0.2) is 23.4 Å². The summed E-state index contributed by atoms with van der Waals surface area (Å²) in [5.41, 5.74) is 0.677. The molecule has 0 saturated heterocycles. The molecular formula is C12H13F3N2O. The second-order valence-corrected chi connectivity index (χ2v) is 3.82. The summed E-state index contributed by atoms with van der Waals surface area (Å²) in [5.74, 6) is 0. The van der Waals surface area contributed by atoms with Gasteiger partial charge < -0.3 is 5.11 Å². The predicted octanol–water partition coefficient (Wildman–Crippen LogP) is 1.98. The standard InChI is InChI=1S/C12H13F3N2O/c13-12(14,15)11(10(18)6-7-16)17-8-9-4-2-1-3-5-9/h1-5,10-11,17-18H,6,8H2/t10?,11-/m1/s1. The molecule has 0 aliphatic heterocycles. The largest absolute Gasteiger partial charge is 0.406 e. The first-order valence-corrected chi connectivity index (χ1v) is 5.34. The minimum Gasteiger partial charge on any atom is -0.390 e. The number of aliphatic hydroxyl groups excluding tert-OH is 1. The molecule has 0 spiro atoms. The van der Waals surface area contributed by atoms with E-state index in [9.17, 15) is 18.3 Å². The number of aliphatic hydroxyl groups is 1. The molecule has 1 aromatic carbocycles. The predicted molar refractivity (Wildman–Crippen MR) is 59.4 cm³/mol. The number of halogens is 3. The molecule has 6 heteroatoms. The van der Waals surface area contributed by atoms with Gasteiger partial charge in [0.2, 0.25) is 0 Å². The third-order valence-electron chi connectivity index (χ3n) is 2.41. The Bertz CT molecular complexity index is 400. The van der Waals surface area contributed by atoms with Crippen LogP contribution in [0.3, 0.4) is 0 Å². The second kappa shape index (κ2) is 6.38. The van der Waals surface area contributed by atoms with Crippen LogP contribution in [0.5, 0.6) is 0 Å². The molecule has 1 aromatic rings. The SMILES string of the molecule is N#CCC(O)[C@@H](NCc1ccccc1)C(F)(F)F. The van der Waals surface area contributed by atoms with Gasteiger partial charge in [-0.3, -0.25) is 5.32 Å². The van der Waals surface area contributed by atoms with Crippen LogP contribution in [0.1, 0.15) is 12.0 Å². The zero-order valence-electron chi connectivity index (χ0n) is 9.48. The number of nitriles is 1. The maximum absolute atomic E-state index is 12.7. The molecule has 0 bridgehead atoms. The zero-order chi connectivity index (χ0) is 13.6. The van der Waals surface area contributed by atoms with Crippen molar-refractivity contribution in [3.63, 3.8) is 0 Å². The number of hydrogen-bond acceptors (Lipinski definition) is 3. The number of benzene rings is 1. The topological polar surface area (TPSA) is 56.0 Å². The Hall–Kier alpha value is -1.58. The van der Waals surface area contributed by atoms with Crippen LogP contribution in [0.4, 0.5) is 13.2 Å². The summed E-state index contributed by atoms with van der Waals surface area (Å²) in [7, 11) is 0. The van der Waals surface area contributed by atoms with Crippen molar-refractivity contribution < 1.29 is 18.3 Å². The first kappa shape index (κ1) is 14.5. The van der Waals surface area contributed by atoms with E-state index in [0.29, 0.717) is 5.56 Å². The Morgan fingerprint density at radius 1 is 1.28 bits per heavy atom. The van der Waals surface area contributed by atoms with Gasteiger partial charge in [-0.2, -0.15) is 18.4 Å². The van der Waals surface area contributed by atoms with E-state index in [1.54, 1.807) is 30.3 Å². The fourth-order valence-corrected chi connectivity index (χ4v) is 1.50. The highest BCUT2D eigenvalue weighted by molar-refractivity contribution is 5.14. The van der Waals surface area contributed by atoms with Crippen molar-refractivity contribution in [3.05, 3.63) is 35.9 Å². The van der Waals surface area contributed by atoms with Crippen LogP contribution in [0.2, 0.25) is 0 Å². The lowest BCUT2D eigenvalue weighted by atomic mass is 10.1. The number of alkyl halides is 3. The van der Waals surface area contributed by atoms with E-state index in [4.69, 9.17) is 5.26 Å². The van der Waals surface area contributed by atoms with Gasteiger partial charge in [-0.05, 0) is 5.56 Å². The minimum absolute atomic E-state index is 0.0203. The first-order valence-electron chi connectivity index (χ1n) is 5.34. The normalized spacial score (nSPS) is 14.8. The summed E-state index contributed by atoms with van der Waals surface area (Å²) in [6, 6.07) is 7.97. The van der Waals surface area contributed by atoms with E-state index in [-0.39, 0.29) is 6.54 Å². The van der Waals surface area contributed by atoms with Crippen LogP contribution in [0.25, 0.3) is 0 Å². The second-order valence-electron chi connectivity index (χ2n) is 3.82. The number of nitrogens with one attached hydrogen (secondary N) is 1. The van der Waals surface area contributed by atoms with Crippen molar-refractivity contribution >= 4 is 0 Å². The van der Waals surface area contributed by atoms with E-state index < -0.39 is 24.7 Å². The Kier molecular flexibility index (Phi) is 5.13. The third kappa shape index (κ3) is 4.35. The van der Waals surface area contributed by atoms with Crippen molar-refractivity contribution in [2.45, 2.75) is 31.3 Å². The van der Waals surface area contributed by atoms with Crippen molar-refractivity contribution in [2.24, 2.45) is 0 Å². The monoisotopic (exact) mass is 258 g/mol. The molecule has 1 rings (SSSR count). The Balaban J connectivity index is 2.66. The molecule has 2 N–H and O–H groups in total. The average molecular weight is 258 g/mol. The van der Waals surface area contributed by atoms with E-state index in [2.05, 4.69) is 5.32 Å². The molecule has 0 heterocycles. The molecule has 1 unspecified atom stereocenters. The molecule has 98 valence electrons. The lowest BCUT2D eigenvalue weighted by Gasteiger charge is -2.25. The van der Waals surface area contributed by atoms with Crippen molar-refractivity contribution in [1.82, 2.24) is 5.32 Å². The van der Waals surface area contributed by atoms with Crippen LogP contribution in [-0.2, 0) is 6.54 Å². The average Bonchev–Trinajstić information content (AvgIpc) is 2.29. The molecule has 0 radical (unpaired) electrons. The highest BCUT2D eigenvalue weighted by Crippen LogP contribution is 2.24. The highest BCUT2D eigenvalue weighted by Gasteiger charge is 2.43. The fourth-order valence-electron chi connectivity index (χ4n) is 1.50.